The maximum Gasteiger partial charge on any atom is 0.218 e. The van der Waals surface area contributed by atoms with Crippen LogP contribution in [0.2, 0.25) is 0 Å². The molecule has 0 aromatic heterocycles. The van der Waals surface area contributed by atoms with E-state index in [4.69, 9.17) is 5.53 Å². The van der Waals surface area contributed by atoms with Crippen LogP contribution in [0.1, 0.15) is 96.8 Å². The number of carbonyl (C=O) groups excluding carboxylic acids is 1. The third-order valence-electron chi connectivity index (χ3n) is 3.65. The van der Waals surface area contributed by atoms with Gasteiger partial charge in [0.25, 0.3) is 0 Å². The highest BCUT2D eigenvalue weighted by Gasteiger charge is 1.97. The number of amides is 1. The first-order valence-corrected chi connectivity index (χ1v) is 8.39. The average molecular weight is 281 g/mol. The Hall–Kier alpha value is -1.02. The van der Waals surface area contributed by atoms with Gasteiger partial charge in [-0.2, -0.15) is 0 Å². The Morgan fingerprint density at radius 2 is 1.20 bits per heavy atom. The number of hydrogen-bond acceptors (Lipinski definition) is 1. The van der Waals surface area contributed by atoms with Gasteiger partial charge in [-0.1, -0.05) is 84.0 Å². The molecule has 0 aliphatic carbocycles. The zero-order valence-electron chi connectivity index (χ0n) is 13.1. The van der Waals surface area contributed by atoms with Crippen LogP contribution in [0.5, 0.6) is 0 Å². The van der Waals surface area contributed by atoms with Crippen molar-refractivity contribution in [1.82, 2.24) is 0 Å². The maximum absolute atomic E-state index is 10.9. The van der Waals surface area contributed by atoms with Gasteiger partial charge in [0.15, 0.2) is 0 Å². The number of azide groups is 1. The summed E-state index contributed by atoms with van der Waals surface area (Å²) in [6.45, 7) is 2.26. The molecule has 4 nitrogen and oxygen atoms in total. The lowest BCUT2D eigenvalue weighted by Gasteiger charge is -2.02. The smallest absolute Gasteiger partial charge is 0.218 e. The van der Waals surface area contributed by atoms with Crippen molar-refractivity contribution in [2.75, 3.05) is 0 Å². The van der Waals surface area contributed by atoms with Gasteiger partial charge in [0.1, 0.15) is 0 Å². The van der Waals surface area contributed by atoms with Crippen molar-refractivity contribution in [3.8, 4) is 0 Å². The van der Waals surface area contributed by atoms with Crippen LogP contribution < -0.4 is 0 Å². The molecule has 20 heavy (non-hydrogen) atoms. The molecular weight excluding hydrogens is 250 g/mol. The summed E-state index contributed by atoms with van der Waals surface area (Å²) >= 11 is 0. The van der Waals surface area contributed by atoms with Gasteiger partial charge in [0, 0.05) is 11.3 Å². The van der Waals surface area contributed by atoms with E-state index in [2.05, 4.69) is 16.9 Å². The molecule has 0 bridgehead atoms. The largest absolute Gasteiger partial charge is 0.293 e. The first-order chi connectivity index (χ1) is 9.81. The normalized spacial score (nSPS) is 10.2. The van der Waals surface area contributed by atoms with Crippen LogP contribution in [-0.4, -0.2) is 5.91 Å². The predicted octanol–water partition coefficient (Wildman–Crippen LogP) is 6.30. The molecule has 0 aromatic rings. The molecule has 0 aliphatic rings. The van der Waals surface area contributed by atoms with Gasteiger partial charge in [-0.25, -0.2) is 0 Å². The Labute approximate surface area is 124 Å². The number of rotatable bonds is 14. The van der Waals surface area contributed by atoms with E-state index >= 15 is 0 Å². The molecular formula is C16H31N3O. The third-order valence-corrected chi connectivity index (χ3v) is 3.65. The van der Waals surface area contributed by atoms with E-state index in [0.29, 0.717) is 6.42 Å². The van der Waals surface area contributed by atoms with Crippen LogP contribution >= 0.6 is 0 Å². The summed E-state index contributed by atoms with van der Waals surface area (Å²) in [5.41, 5.74) is 8.08. The second-order valence-electron chi connectivity index (χ2n) is 5.58. The predicted molar refractivity (Wildman–Crippen MR) is 84.5 cm³/mol. The zero-order valence-corrected chi connectivity index (χ0v) is 13.1. The van der Waals surface area contributed by atoms with Crippen LogP contribution in [0.3, 0.4) is 0 Å². The van der Waals surface area contributed by atoms with E-state index in [1.165, 1.54) is 70.6 Å². The topological polar surface area (TPSA) is 65.8 Å². The van der Waals surface area contributed by atoms with Crippen molar-refractivity contribution in [2.24, 2.45) is 5.11 Å². The standard InChI is InChI=1S/C16H31N3O/c1-2-3-4-5-6-7-8-9-10-11-12-13-14-15-16(20)18-19-17/h2-15H2,1H3. The Morgan fingerprint density at radius 3 is 1.60 bits per heavy atom. The Morgan fingerprint density at radius 1 is 0.800 bits per heavy atom. The highest BCUT2D eigenvalue weighted by molar-refractivity contribution is 5.76. The number of nitrogens with zero attached hydrogens (tertiary/aromatic N) is 3. The molecule has 0 rings (SSSR count). The molecule has 0 spiro atoms. The molecule has 0 saturated heterocycles. The minimum Gasteiger partial charge on any atom is -0.293 e. The van der Waals surface area contributed by atoms with Gasteiger partial charge >= 0.3 is 0 Å². The van der Waals surface area contributed by atoms with Gasteiger partial charge in [-0.3, -0.25) is 4.79 Å². The van der Waals surface area contributed by atoms with Gasteiger partial charge < -0.3 is 0 Å². The lowest BCUT2D eigenvalue weighted by atomic mass is 10.0. The van der Waals surface area contributed by atoms with E-state index in [9.17, 15) is 4.79 Å². The second-order valence-corrected chi connectivity index (χ2v) is 5.58. The maximum atomic E-state index is 10.9. The van der Waals surface area contributed by atoms with E-state index in [1.54, 1.807) is 0 Å². The van der Waals surface area contributed by atoms with Crippen LogP contribution in [0.15, 0.2) is 5.11 Å². The highest BCUT2D eigenvalue weighted by Crippen LogP contribution is 2.12. The lowest BCUT2D eigenvalue weighted by molar-refractivity contribution is -0.118. The molecule has 0 heterocycles. The second kappa shape index (κ2) is 16.0. The number of hydrogen-bond donors (Lipinski definition) is 0. The average Bonchev–Trinajstić information content (AvgIpc) is 2.44. The van der Waals surface area contributed by atoms with Gasteiger partial charge in [0.05, 0.1) is 0 Å². The van der Waals surface area contributed by atoms with E-state index in [0.717, 1.165) is 12.8 Å². The Kier molecular flexibility index (Phi) is 15.2. The Balaban J connectivity index is 3.06. The van der Waals surface area contributed by atoms with Gasteiger partial charge in [0.2, 0.25) is 5.91 Å². The fourth-order valence-corrected chi connectivity index (χ4v) is 2.39. The summed E-state index contributed by atoms with van der Waals surface area (Å²) in [5.74, 6) is -0.324. The van der Waals surface area contributed by atoms with Crippen molar-refractivity contribution < 1.29 is 4.79 Å². The third kappa shape index (κ3) is 15.0. The summed E-state index contributed by atoms with van der Waals surface area (Å²) in [7, 11) is 0. The molecule has 0 aliphatic heterocycles. The van der Waals surface area contributed by atoms with E-state index in [1.807, 2.05) is 0 Å². The molecule has 116 valence electrons. The summed E-state index contributed by atoms with van der Waals surface area (Å²) in [4.78, 5) is 13.4. The summed E-state index contributed by atoms with van der Waals surface area (Å²) < 4.78 is 0. The number of unbranched alkanes of at least 4 members (excludes halogenated alkanes) is 12. The van der Waals surface area contributed by atoms with Gasteiger partial charge in [-0.15, -0.1) is 0 Å². The van der Waals surface area contributed by atoms with Crippen LogP contribution in [0, 0.1) is 0 Å². The van der Waals surface area contributed by atoms with Crippen molar-refractivity contribution in [2.45, 2.75) is 96.8 Å². The quantitative estimate of drug-likeness (QED) is 0.159. The van der Waals surface area contributed by atoms with E-state index < -0.39 is 0 Å². The lowest BCUT2D eigenvalue weighted by Crippen LogP contribution is -1.91. The molecule has 4 heteroatoms. The first kappa shape index (κ1) is 19.0. The molecule has 1 amide bonds. The molecule has 0 N–H and O–H groups in total. The zero-order chi connectivity index (χ0) is 14.9. The number of carbonyl (C=O) groups is 1. The molecule has 0 radical (unpaired) electrons. The van der Waals surface area contributed by atoms with Crippen LogP contribution in [0.25, 0.3) is 10.4 Å². The molecule has 0 saturated carbocycles. The van der Waals surface area contributed by atoms with Crippen molar-refractivity contribution in [3.05, 3.63) is 10.4 Å². The minimum absolute atomic E-state index is 0.324. The van der Waals surface area contributed by atoms with Gasteiger partial charge in [-0.05, 0) is 17.1 Å². The fourth-order valence-electron chi connectivity index (χ4n) is 2.39. The van der Waals surface area contributed by atoms with Crippen molar-refractivity contribution in [3.63, 3.8) is 0 Å². The summed E-state index contributed by atoms with van der Waals surface area (Å²) in [6, 6.07) is 0. The van der Waals surface area contributed by atoms with Crippen LogP contribution in [-0.2, 0) is 4.79 Å². The summed E-state index contributed by atoms with van der Waals surface area (Å²) in [6.07, 6.45) is 17.2. The van der Waals surface area contributed by atoms with Crippen molar-refractivity contribution in [1.29, 1.82) is 0 Å². The minimum atomic E-state index is -0.324. The molecule has 0 aromatic carbocycles. The van der Waals surface area contributed by atoms with E-state index in [-0.39, 0.29) is 5.91 Å². The van der Waals surface area contributed by atoms with Crippen LogP contribution in [0.4, 0.5) is 0 Å². The first-order valence-electron chi connectivity index (χ1n) is 8.39. The molecule has 0 atom stereocenters. The fraction of sp³-hybridized carbons (Fsp3) is 0.938. The molecule has 0 unspecified atom stereocenters. The molecule has 0 fully saturated rings. The van der Waals surface area contributed by atoms with Crippen molar-refractivity contribution >= 4 is 5.91 Å². The Bertz CT molecular complexity index is 273. The SMILES string of the molecule is CCCCCCCCCCCCCCCC(=O)N=[N+]=[N-]. The highest BCUT2D eigenvalue weighted by atomic mass is 16.1. The monoisotopic (exact) mass is 281 g/mol. The summed E-state index contributed by atoms with van der Waals surface area (Å²) in [5, 5.41) is 3.06.